The van der Waals surface area contributed by atoms with Crippen molar-refractivity contribution in [3.63, 3.8) is 0 Å². The van der Waals surface area contributed by atoms with Crippen molar-refractivity contribution in [1.29, 1.82) is 0 Å². The Kier molecular flexibility index (Phi) is 5.64. The van der Waals surface area contributed by atoms with Crippen LogP contribution >= 0.6 is 0 Å². The first-order valence-electron chi connectivity index (χ1n) is 8.29. The Morgan fingerprint density at radius 1 is 1.09 bits per heavy atom. The highest BCUT2D eigenvalue weighted by atomic mass is 16.5. The Morgan fingerprint density at radius 2 is 1.68 bits per heavy atom. The van der Waals surface area contributed by atoms with E-state index in [-0.39, 0.29) is 22.9 Å². The van der Waals surface area contributed by atoms with E-state index in [0.29, 0.717) is 12.2 Å². The van der Waals surface area contributed by atoms with Crippen molar-refractivity contribution in [2.75, 3.05) is 0 Å². The molecule has 0 aromatic carbocycles. The summed E-state index contributed by atoms with van der Waals surface area (Å²) in [6.07, 6.45) is 7.04. The fourth-order valence-corrected chi connectivity index (χ4v) is 2.90. The van der Waals surface area contributed by atoms with Crippen molar-refractivity contribution >= 4 is 11.8 Å². The van der Waals surface area contributed by atoms with Crippen molar-refractivity contribution in [2.45, 2.75) is 80.3 Å². The van der Waals surface area contributed by atoms with Crippen LogP contribution in [-0.4, -0.2) is 17.9 Å². The lowest BCUT2D eigenvalue weighted by molar-refractivity contribution is -0.156. The molecule has 2 atom stereocenters. The highest BCUT2D eigenvalue weighted by Gasteiger charge is 2.39. The second-order valence-corrected chi connectivity index (χ2v) is 8.86. The zero-order valence-electron chi connectivity index (χ0n) is 15.3. The van der Waals surface area contributed by atoms with Gasteiger partial charge in [0.25, 0.3) is 0 Å². The second kappa shape index (κ2) is 6.55. The van der Waals surface area contributed by atoms with Crippen LogP contribution < -0.4 is 0 Å². The van der Waals surface area contributed by atoms with Crippen LogP contribution in [0.15, 0.2) is 12.2 Å². The molecule has 0 radical (unpaired) electrons. The first-order valence-corrected chi connectivity index (χ1v) is 8.29. The second-order valence-electron chi connectivity index (χ2n) is 8.86. The van der Waals surface area contributed by atoms with Crippen molar-refractivity contribution in [1.82, 2.24) is 0 Å². The lowest BCUT2D eigenvalue weighted by atomic mass is 9.68. The van der Waals surface area contributed by atoms with Crippen LogP contribution in [0, 0.1) is 16.2 Å². The van der Waals surface area contributed by atoms with Gasteiger partial charge in [0.05, 0.1) is 5.41 Å². The number of ether oxygens (including phenoxy) is 1. The molecule has 0 bridgehead atoms. The fourth-order valence-electron chi connectivity index (χ4n) is 2.90. The van der Waals surface area contributed by atoms with Gasteiger partial charge < -0.3 is 4.74 Å². The molecule has 0 fully saturated rings. The summed E-state index contributed by atoms with van der Waals surface area (Å²) in [5.74, 6) is 0.144. The standard InChI is InChI=1S/C19H32O3/c1-17(2,3)15(20)19(7)12-8-10-14(11-9-13-19)22-16(21)18(4,5)6/h8,10,14H,9,11-13H2,1-7H3/b10-8+/t14-,19+/m1/s1. The molecule has 3 nitrogen and oxygen atoms in total. The van der Waals surface area contributed by atoms with E-state index in [2.05, 4.69) is 6.92 Å². The van der Waals surface area contributed by atoms with Crippen LogP contribution in [0.4, 0.5) is 0 Å². The van der Waals surface area contributed by atoms with E-state index < -0.39 is 5.41 Å². The summed E-state index contributed by atoms with van der Waals surface area (Å²) in [7, 11) is 0. The first kappa shape index (κ1) is 18.9. The average molecular weight is 308 g/mol. The SMILES string of the molecule is CC(C)(C)C(=O)O[C@@H]1/C=C/C[C@](C)(C(=O)C(C)(C)C)CCC1. The molecule has 126 valence electrons. The lowest BCUT2D eigenvalue weighted by Gasteiger charge is -2.35. The molecule has 0 amide bonds. The van der Waals surface area contributed by atoms with Crippen molar-refractivity contribution < 1.29 is 14.3 Å². The number of esters is 1. The largest absolute Gasteiger partial charge is 0.458 e. The number of carbonyl (C=O) groups excluding carboxylic acids is 2. The third-order valence-corrected chi connectivity index (χ3v) is 4.24. The van der Waals surface area contributed by atoms with Gasteiger partial charge in [-0.25, -0.2) is 0 Å². The molecule has 1 aliphatic rings. The molecule has 0 aliphatic heterocycles. The van der Waals surface area contributed by atoms with E-state index in [1.165, 1.54) is 0 Å². The molecule has 0 saturated carbocycles. The fraction of sp³-hybridized carbons (Fsp3) is 0.789. The molecular formula is C19H32O3. The van der Waals surface area contributed by atoms with E-state index in [1.807, 2.05) is 53.7 Å². The summed E-state index contributed by atoms with van der Waals surface area (Å²) in [5, 5.41) is 0. The monoisotopic (exact) mass is 308 g/mol. The molecule has 0 saturated heterocycles. The van der Waals surface area contributed by atoms with Crippen LogP contribution in [0.5, 0.6) is 0 Å². The zero-order valence-corrected chi connectivity index (χ0v) is 15.3. The molecule has 0 heterocycles. The molecule has 0 unspecified atom stereocenters. The number of hydrogen-bond donors (Lipinski definition) is 0. The number of ketones is 1. The predicted octanol–water partition coefficient (Wildman–Crippen LogP) is 4.70. The Hall–Kier alpha value is -1.12. The number of Topliss-reactive ketones (excluding diaryl/α,β-unsaturated/α-hetero) is 1. The minimum atomic E-state index is -0.479. The molecule has 3 heteroatoms. The third-order valence-electron chi connectivity index (χ3n) is 4.24. The molecule has 0 aromatic heterocycles. The molecule has 0 N–H and O–H groups in total. The minimum absolute atomic E-state index is 0.166. The maximum Gasteiger partial charge on any atom is 0.311 e. The number of carbonyl (C=O) groups is 2. The number of rotatable bonds is 2. The van der Waals surface area contributed by atoms with Crippen LogP contribution in [0.1, 0.15) is 74.1 Å². The van der Waals surface area contributed by atoms with Gasteiger partial charge >= 0.3 is 5.97 Å². The van der Waals surface area contributed by atoms with Crippen molar-refractivity contribution in [2.24, 2.45) is 16.2 Å². The van der Waals surface area contributed by atoms with E-state index in [9.17, 15) is 9.59 Å². The molecule has 1 rings (SSSR count). The van der Waals surface area contributed by atoms with E-state index >= 15 is 0 Å². The van der Waals surface area contributed by atoms with Crippen LogP contribution in [0.2, 0.25) is 0 Å². The summed E-state index contributed by atoms with van der Waals surface area (Å²) in [6.45, 7) is 13.6. The van der Waals surface area contributed by atoms with E-state index in [1.54, 1.807) is 0 Å². The highest BCUT2D eigenvalue weighted by Crippen LogP contribution is 2.38. The smallest absolute Gasteiger partial charge is 0.311 e. The average Bonchev–Trinajstić information content (AvgIpc) is 2.32. The maximum atomic E-state index is 12.7. The van der Waals surface area contributed by atoms with Crippen LogP contribution in [-0.2, 0) is 14.3 Å². The van der Waals surface area contributed by atoms with Gasteiger partial charge in [-0.3, -0.25) is 9.59 Å². The molecule has 1 aliphatic carbocycles. The highest BCUT2D eigenvalue weighted by molar-refractivity contribution is 5.89. The first-order chi connectivity index (χ1) is 9.86. The minimum Gasteiger partial charge on any atom is -0.458 e. The predicted molar refractivity (Wildman–Crippen MR) is 89.5 cm³/mol. The Bertz CT molecular complexity index is 448. The normalized spacial score (nSPS) is 28.4. The summed E-state index contributed by atoms with van der Waals surface area (Å²) in [4.78, 5) is 24.7. The Morgan fingerprint density at radius 3 is 2.18 bits per heavy atom. The molecule has 0 spiro atoms. The zero-order chi connectivity index (χ0) is 17.2. The van der Waals surface area contributed by atoms with Crippen molar-refractivity contribution in [3.05, 3.63) is 12.2 Å². The summed E-state index contributed by atoms with van der Waals surface area (Å²) in [5.41, 5.74) is -1.11. The van der Waals surface area contributed by atoms with Crippen LogP contribution in [0.25, 0.3) is 0 Å². The maximum absolute atomic E-state index is 12.7. The topological polar surface area (TPSA) is 43.4 Å². The lowest BCUT2D eigenvalue weighted by Crippen LogP contribution is -2.38. The van der Waals surface area contributed by atoms with Gasteiger partial charge in [0, 0.05) is 10.8 Å². The van der Waals surface area contributed by atoms with Gasteiger partial charge in [0.1, 0.15) is 11.9 Å². The number of hydrogen-bond acceptors (Lipinski definition) is 3. The van der Waals surface area contributed by atoms with E-state index in [4.69, 9.17) is 4.74 Å². The van der Waals surface area contributed by atoms with Gasteiger partial charge in [-0.15, -0.1) is 0 Å². The summed E-state index contributed by atoms with van der Waals surface area (Å²) >= 11 is 0. The summed E-state index contributed by atoms with van der Waals surface area (Å²) < 4.78 is 5.58. The van der Waals surface area contributed by atoms with Crippen molar-refractivity contribution in [3.8, 4) is 0 Å². The van der Waals surface area contributed by atoms with E-state index in [0.717, 1.165) is 19.3 Å². The Labute approximate surface area is 135 Å². The molecule has 22 heavy (non-hydrogen) atoms. The Balaban J connectivity index is 2.76. The quantitative estimate of drug-likeness (QED) is 0.549. The van der Waals surface area contributed by atoms with Gasteiger partial charge in [0.2, 0.25) is 0 Å². The molecular weight excluding hydrogens is 276 g/mol. The van der Waals surface area contributed by atoms with Gasteiger partial charge in [-0.05, 0) is 52.5 Å². The van der Waals surface area contributed by atoms with Crippen LogP contribution in [0.3, 0.4) is 0 Å². The van der Waals surface area contributed by atoms with Gasteiger partial charge in [0.15, 0.2) is 0 Å². The van der Waals surface area contributed by atoms with Gasteiger partial charge in [-0.2, -0.15) is 0 Å². The molecule has 0 aromatic rings. The summed E-state index contributed by atoms with van der Waals surface area (Å²) in [6, 6.07) is 0. The third kappa shape index (κ3) is 4.96. The number of allylic oxidation sites excluding steroid dienone is 1. The van der Waals surface area contributed by atoms with Gasteiger partial charge in [-0.1, -0.05) is 33.8 Å².